The van der Waals surface area contributed by atoms with Gasteiger partial charge in [-0.1, -0.05) is 37.3 Å². The van der Waals surface area contributed by atoms with Gasteiger partial charge >= 0.3 is 0 Å². The van der Waals surface area contributed by atoms with Gasteiger partial charge in [0.25, 0.3) is 0 Å². The molecule has 1 aromatic carbocycles. The van der Waals surface area contributed by atoms with Crippen LogP contribution in [0.15, 0.2) is 30.3 Å². The minimum atomic E-state index is -3.08. The SMILES string of the molecule is CCNCCS(=O)(=O)N1CCC(Cc2ccccc2)CC1. The van der Waals surface area contributed by atoms with Crippen LogP contribution in [0.25, 0.3) is 0 Å². The lowest BCUT2D eigenvalue weighted by Crippen LogP contribution is -2.41. The monoisotopic (exact) mass is 310 g/mol. The molecule has 118 valence electrons. The Labute approximate surface area is 128 Å². The number of nitrogens with zero attached hydrogens (tertiary/aromatic N) is 1. The van der Waals surface area contributed by atoms with Crippen LogP contribution in [0.2, 0.25) is 0 Å². The average Bonchev–Trinajstić information content (AvgIpc) is 2.49. The van der Waals surface area contributed by atoms with Crippen molar-refractivity contribution >= 4 is 10.0 Å². The van der Waals surface area contributed by atoms with Crippen molar-refractivity contribution in [3.8, 4) is 0 Å². The molecule has 0 spiro atoms. The van der Waals surface area contributed by atoms with Crippen LogP contribution in [-0.2, 0) is 16.4 Å². The van der Waals surface area contributed by atoms with Gasteiger partial charge in [-0.15, -0.1) is 0 Å². The molecule has 0 saturated carbocycles. The molecule has 21 heavy (non-hydrogen) atoms. The highest BCUT2D eigenvalue weighted by atomic mass is 32.2. The second-order valence-electron chi connectivity index (χ2n) is 5.70. The zero-order valence-electron chi connectivity index (χ0n) is 12.8. The predicted molar refractivity (Wildman–Crippen MR) is 86.8 cm³/mol. The summed E-state index contributed by atoms with van der Waals surface area (Å²) in [6.07, 6.45) is 3.00. The van der Waals surface area contributed by atoms with E-state index in [1.165, 1.54) is 5.56 Å². The van der Waals surface area contributed by atoms with Crippen molar-refractivity contribution in [3.63, 3.8) is 0 Å². The first-order chi connectivity index (χ1) is 10.1. The smallest absolute Gasteiger partial charge is 0.215 e. The van der Waals surface area contributed by atoms with E-state index < -0.39 is 10.0 Å². The van der Waals surface area contributed by atoms with E-state index in [2.05, 4.69) is 29.6 Å². The summed E-state index contributed by atoms with van der Waals surface area (Å²) in [5.41, 5.74) is 1.35. The van der Waals surface area contributed by atoms with Crippen molar-refractivity contribution in [3.05, 3.63) is 35.9 Å². The summed E-state index contributed by atoms with van der Waals surface area (Å²) in [6, 6.07) is 10.5. The number of benzene rings is 1. The third-order valence-corrected chi connectivity index (χ3v) is 5.99. The lowest BCUT2D eigenvalue weighted by Gasteiger charge is -2.31. The van der Waals surface area contributed by atoms with Crippen LogP contribution >= 0.6 is 0 Å². The van der Waals surface area contributed by atoms with E-state index in [9.17, 15) is 8.42 Å². The molecule has 0 atom stereocenters. The fraction of sp³-hybridized carbons (Fsp3) is 0.625. The van der Waals surface area contributed by atoms with Crippen molar-refractivity contribution in [1.29, 1.82) is 0 Å². The van der Waals surface area contributed by atoms with Gasteiger partial charge in [0.05, 0.1) is 5.75 Å². The molecule has 1 saturated heterocycles. The Morgan fingerprint density at radius 1 is 1.19 bits per heavy atom. The van der Waals surface area contributed by atoms with Crippen LogP contribution in [-0.4, -0.2) is 44.7 Å². The number of hydrogen-bond donors (Lipinski definition) is 1. The van der Waals surface area contributed by atoms with Gasteiger partial charge in [0.1, 0.15) is 0 Å². The Morgan fingerprint density at radius 2 is 1.86 bits per heavy atom. The van der Waals surface area contributed by atoms with Crippen LogP contribution in [0.3, 0.4) is 0 Å². The van der Waals surface area contributed by atoms with Gasteiger partial charge in [-0.25, -0.2) is 12.7 Å². The summed E-state index contributed by atoms with van der Waals surface area (Å²) in [5, 5.41) is 3.08. The number of rotatable bonds is 7. The van der Waals surface area contributed by atoms with Crippen LogP contribution in [0, 0.1) is 5.92 Å². The summed E-state index contributed by atoms with van der Waals surface area (Å²) in [4.78, 5) is 0. The molecular formula is C16H26N2O2S. The molecule has 0 aliphatic carbocycles. The molecule has 1 aromatic rings. The molecule has 1 heterocycles. The highest BCUT2D eigenvalue weighted by Crippen LogP contribution is 2.23. The Bertz CT molecular complexity index is 508. The second-order valence-corrected chi connectivity index (χ2v) is 7.79. The Morgan fingerprint density at radius 3 is 2.48 bits per heavy atom. The van der Waals surface area contributed by atoms with E-state index in [4.69, 9.17) is 0 Å². The summed E-state index contributed by atoms with van der Waals surface area (Å²) in [5.74, 6) is 0.817. The standard InChI is InChI=1S/C16H26N2O2S/c1-2-17-10-13-21(19,20)18-11-8-16(9-12-18)14-15-6-4-3-5-7-15/h3-7,16-17H,2,8-14H2,1H3. The first kappa shape index (κ1) is 16.5. The van der Waals surface area contributed by atoms with E-state index in [1.54, 1.807) is 4.31 Å². The quantitative estimate of drug-likeness (QED) is 0.782. The maximum Gasteiger partial charge on any atom is 0.215 e. The molecule has 0 radical (unpaired) electrons. The van der Waals surface area contributed by atoms with E-state index in [0.29, 0.717) is 25.6 Å². The lowest BCUT2D eigenvalue weighted by molar-refractivity contribution is 0.273. The van der Waals surface area contributed by atoms with E-state index in [1.807, 2.05) is 13.0 Å². The normalized spacial score (nSPS) is 18.0. The van der Waals surface area contributed by atoms with Crippen molar-refractivity contribution in [2.75, 3.05) is 31.9 Å². The number of piperidine rings is 1. The Hall–Kier alpha value is -0.910. The van der Waals surface area contributed by atoms with Crippen molar-refractivity contribution in [2.24, 2.45) is 5.92 Å². The lowest BCUT2D eigenvalue weighted by atomic mass is 9.91. The molecule has 5 heteroatoms. The van der Waals surface area contributed by atoms with Gasteiger partial charge in [0, 0.05) is 19.6 Å². The predicted octanol–water partition coefficient (Wildman–Crippen LogP) is 1.88. The molecule has 1 aliphatic heterocycles. The minimum absolute atomic E-state index is 0.212. The zero-order chi connectivity index (χ0) is 15.1. The van der Waals surface area contributed by atoms with Gasteiger partial charge in [-0.2, -0.15) is 0 Å². The Kier molecular flexibility index (Phi) is 6.21. The van der Waals surface area contributed by atoms with E-state index in [0.717, 1.165) is 25.8 Å². The molecule has 2 rings (SSSR count). The summed E-state index contributed by atoms with van der Waals surface area (Å²) in [6.45, 7) is 4.69. The maximum absolute atomic E-state index is 12.2. The fourth-order valence-corrected chi connectivity index (χ4v) is 4.27. The highest BCUT2D eigenvalue weighted by molar-refractivity contribution is 7.89. The molecule has 1 fully saturated rings. The summed E-state index contributed by atoms with van der Waals surface area (Å²) >= 11 is 0. The molecule has 0 unspecified atom stereocenters. The Balaban J connectivity index is 1.80. The highest BCUT2D eigenvalue weighted by Gasteiger charge is 2.27. The van der Waals surface area contributed by atoms with E-state index >= 15 is 0 Å². The van der Waals surface area contributed by atoms with Gasteiger partial charge in [0.15, 0.2) is 0 Å². The van der Waals surface area contributed by atoms with Crippen molar-refractivity contribution in [1.82, 2.24) is 9.62 Å². The molecule has 1 aliphatic rings. The van der Waals surface area contributed by atoms with E-state index in [-0.39, 0.29) is 5.75 Å². The van der Waals surface area contributed by atoms with Gasteiger partial charge in [-0.3, -0.25) is 0 Å². The van der Waals surface area contributed by atoms with Crippen LogP contribution in [0.5, 0.6) is 0 Å². The van der Waals surface area contributed by atoms with Crippen LogP contribution in [0.1, 0.15) is 25.3 Å². The van der Waals surface area contributed by atoms with Crippen LogP contribution < -0.4 is 5.32 Å². The fourth-order valence-electron chi connectivity index (χ4n) is 2.85. The number of hydrogen-bond acceptors (Lipinski definition) is 3. The molecule has 0 amide bonds. The zero-order valence-corrected chi connectivity index (χ0v) is 13.6. The molecule has 0 bridgehead atoms. The third-order valence-electron chi connectivity index (χ3n) is 4.12. The number of nitrogens with one attached hydrogen (secondary N) is 1. The molecule has 0 aromatic heterocycles. The molecule has 4 nitrogen and oxygen atoms in total. The minimum Gasteiger partial charge on any atom is -0.316 e. The van der Waals surface area contributed by atoms with Gasteiger partial charge in [0.2, 0.25) is 10.0 Å². The van der Waals surface area contributed by atoms with Crippen molar-refractivity contribution in [2.45, 2.75) is 26.2 Å². The first-order valence-corrected chi connectivity index (χ1v) is 9.45. The van der Waals surface area contributed by atoms with Gasteiger partial charge < -0.3 is 5.32 Å². The maximum atomic E-state index is 12.2. The average molecular weight is 310 g/mol. The van der Waals surface area contributed by atoms with Gasteiger partial charge in [-0.05, 0) is 37.3 Å². The second kappa shape index (κ2) is 7.92. The summed E-state index contributed by atoms with van der Waals surface area (Å²) < 4.78 is 26.1. The topological polar surface area (TPSA) is 49.4 Å². The summed E-state index contributed by atoms with van der Waals surface area (Å²) in [7, 11) is -3.08. The molecule has 1 N–H and O–H groups in total. The van der Waals surface area contributed by atoms with Crippen LogP contribution in [0.4, 0.5) is 0 Å². The molecular weight excluding hydrogens is 284 g/mol. The third kappa shape index (κ3) is 5.09. The largest absolute Gasteiger partial charge is 0.316 e. The number of sulfonamides is 1. The first-order valence-electron chi connectivity index (χ1n) is 7.84. The van der Waals surface area contributed by atoms with Crippen molar-refractivity contribution < 1.29 is 8.42 Å².